The molecule has 1 aliphatic heterocycles. The first-order valence-corrected chi connectivity index (χ1v) is 6.84. The Morgan fingerprint density at radius 3 is 2.56 bits per heavy atom. The molecule has 1 aromatic carbocycles. The van der Waals surface area contributed by atoms with Gasteiger partial charge in [0.1, 0.15) is 0 Å². The van der Waals surface area contributed by atoms with Crippen molar-refractivity contribution in [1.82, 2.24) is 14.3 Å². The van der Waals surface area contributed by atoms with Gasteiger partial charge in [0.05, 0.1) is 16.7 Å². The van der Waals surface area contributed by atoms with E-state index in [0.29, 0.717) is 29.8 Å². The number of nitrogens with one attached hydrogen (secondary N) is 2. The van der Waals surface area contributed by atoms with Crippen LogP contribution >= 0.6 is 0 Å². The summed E-state index contributed by atoms with van der Waals surface area (Å²) in [6.45, 7) is 1.13. The van der Waals surface area contributed by atoms with Crippen LogP contribution in [0.2, 0.25) is 0 Å². The summed E-state index contributed by atoms with van der Waals surface area (Å²) in [6, 6.07) is 4.97. The van der Waals surface area contributed by atoms with Crippen LogP contribution in [-0.4, -0.2) is 42.8 Å². The number of aromatic amines is 2. The molecule has 1 fully saturated rings. The van der Waals surface area contributed by atoms with Crippen molar-refractivity contribution >= 4 is 26.9 Å². The zero-order valence-corrected chi connectivity index (χ0v) is 10.5. The first-order chi connectivity index (χ1) is 8.48. The highest BCUT2D eigenvalue weighted by Crippen LogP contribution is 2.24. The van der Waals surface area contributed by atoms with E-state index in [1.807, 2.05) is 0 Å². The van der Waals surface area contributed by atoms with E-state index in [1.54, 1.807) is 18.2 Å². The number of fused-ring (bicyclic) bond motifs is 1. The monoisotopic (exact) mass is 268 g/mol. The van der Waals surface area contributed by atoms with Gasteiger partial charge in [-0.15, -0.1) is 0 Å². The Morgan fingerprint density at radius 1 is 1.22 bits per heavy atom. The highest BCUT2D eigenvalue weighted by Gasteiger charge is 2.35. The summed E-state index contributed by atoms with van der Waals surface area (Å²) < 4.78 is 26.6. The Bertz CT molecular complexity index is 757. The molecule has 3 rings (SSSR count). The zero-order valence-electron chi connectivity index (χ0n) is 9.67. The lowest BCUT2D eigenvalue weighted by atomic mass is 10.3. The largest absolute Gasteiger partial charge is 0.323 e. The van der Waals surface area contributed by atoms with Crippen LogP contribution in [0.3, 0.4) is 0 Å². The Morgan fingerprint density at radius 2 is 1.89 bits per heavy atom. The summed E-state index contributed by atoms with van der Waals surface area (Å²) >= 11 is 0. The zero-order chi connectivity index (χ0) is 12.9. The second kappa shape index (κ2) is 3.59. The highest BCUT2D eigenvalue weighted by molar-refractivity contribution is 7.90. The molecule has 1 aromatic heterocycles. The van der Waals surface area contributed by atoms with E-state index in [0.717, 1.165) is 0 Å². The molecule has 7 nitrogen and oxygen atoms in total. The second-order valence-electron chi connectivity index (χ2n) is 4.18. The number of nitrogens with zero attached hydrogens (tertiary/aromatic N) is 2. The molecule has 0 amide bonds. The van der Waals surface area contributed by atoms with Crippen molar-refractivity contribution in [2.75, 3.05) is 24.4 Å². The third-order valence-electron chi connectivity index (χ3n) is 2.94. The molecule has 0 radical (unpaired) electrons. The molecule has 0 atom stereocenters. The fourth-order valence-corrected chi connectivity index (χ4v) is 3.06. The van der Waals surface area contributed by atoms with Crippen LogP contribution in [-0.2, 0) is 10.2 Å². The molecular formula is C10H12N4O3S. The lowest BCUT2D eigenvalue weighted by Crippen LogP contribution is -2.32. The van der Waals surface area contributed by atoms with E-state index in [-0.39, 0.29) is 5.69 Å². The number of rotatable bonds is 3. The van der Waals surface area contributed by atoms with Crippen molar-refractivity contribution in [2.45, 2.75) is 0 Å². The van der Waals surface area contributed by atoms with E-state index in [2.05, 4.69) is 9.97 Å². The molecule has 1 saturated heterocycles. The van der Waals surface area contributed by atoms with Crippen LogP contribution in [0.1, 0.15) is 0 Å². The molecule has 8 heteroatoms. The van der Waals surface area contributed by atoms with E-state index in [4.69, 9.17) is 0 Å². The minimum absolute atomic E-state index is 0.307. The molecule has 0 aliphatic carbocycles. The lowest BCUT2D eigenvalue weighted by Gasteiger charge is -2.19. The summed E-state index contributed by atoms with van der Waals surface area (Å²) in [5.41, 5.74) is 1.45. The number of imidazole rings is 1. The van der Waals surface area contributed by atoms with Gasteiger partial charge in [-0.05, 0) is 18.2 Å². The maximum atomic E-state index is 12.0. The van der Waals surface area contributed by atoms with Crippen LogP contribution in [0.15, 0.2) is 23.0 Å². The molecule has 1 aliphatic rings. The Labute approximate surface area is 103 Å². The minimum atomic E-state index is -3.42. The molecule has 2 N–H and O–H groups in total. The van der Waals surface area contributed by atoms with Crippen LogP contribution in [0.4, 0.5) is 5.69 Å². The van der Waals surface area contributed by atoms with Crippen molar-refractivity contribution < 1.29 is 8.42 Å². The predicted octanol–water partition coefficient (Wildman–Crippen LogP) is -0.147. The Hall–Kier alpha value is -1.80. The van der Waals surface area contributed by atoms with Crippen LogP contribution in [0.25, 0.3) is 11.0 Å². The number of hydrogen-bond acceptors (Lipinski definition) is 3. The average Bonchev–Trinajstić information content (AvgIpc) is 3.10. The first kappa shape index (κ1) is 11.3. The van der Waals surface area contributed by atoms with Crippen LogP contribution in [0.5, 0.6) is 0 Å². The third kappa shape index (κ3) is 1.70. The van der Waals surface area contributed by atoms with Gasteiger partial charge in [-0.2, -0.15) is 12.7 Å². The van der Waals surface area contributed by atoms with Crippen LogP contribution < -0.4 is 9.99 Å². The average molecular weight is 268 g/mol. The molecule has 0 bridgehead atoms. The second-order valence-corrected chi connectivity index (χ2v) is 6.14. The van der Waals surface area contributed by atoms with E-state index in [9.17, 15) is 13.2 Å². The Balaban J connectivity index is 2.05. The van der Waals surface area contributed by atoms with E-state index < -0.39 is 10.2 Å². The van der Waals surface area contributed by atoms with Crippen molar-refractivity contribution in [3.8, 4) is 0 Å². The summed E-state index contributed by atoms with van der Waals surface area (Å²) in [7, 11) is -1.92. The van der Waals surface area contributed by atoms with Gasteiger partial charge in [-0.25, -0.2) is 4.79 Å². The Kier molecular flexibility index (Phi) is 2.26. The van der Waals surface area contributed by atoms with Gasteiger partial charge in [0.25, 0.3) is 0 Å². The van der Waals surface area contributed by atoms with Crippen molar-refractivity contribution in [1.29, 1.82) is 0 Å². The number of aromatic nitrogens is 2. The number of hydrogen-bond donors (Lipinski definition) is 2. The van der Waals surface area contributed by atoms with E-state index in [1.165, 1.54) is 15.7 Å². The third-order valence-corrected chi connectivity index (χ3v) is 4.86. The number of anilines is 1. The SMILES string of the molecule is CN(c1ccc2[nH]c(=O)[nH]c2c1)S(=O)(=O)N1CC1. The van der Waals surface area contributed by atoms with Gasteiger partial charge < -0.3 is 9.97 Å². The smallest absolute Gasteiger partial charge is 0.306 e. The van der Waals surface area contributed by atoms with Gasteiger partial charge in [0.15, 0.2) is 0 Å². The van der Waals surface area contributed by atoms with Gasteiger partial charge in [0, 0.05) is 20.1 Å². The van der Waals surface area contributed by atoms with Gasteiger partial charge >= 0.3 is 15.9 Å². The maximum Gasteiger partial charge on any atom is 0.323 e. The summed E-state index contributed by atoms with van der Waals surface area (Å²) in [6.07, 6.45) is 0. The quantitative estimate of drug-likeness (QED) is 0.759. The fourth-order valence-electron chi connectivity index (χ4n) is 1.79. The normalized spacial score (nSPS) is 16.1. The van der Waals surface area contributed by atoms with Crippen molar-refractivity contribution in [3.05, 3.63) is 28.7 Å². The molecule has 18 heavy (non-hydrogen) atoms. The maximum absolute atomic E-state index is 12.0. The first-order valence-electron chi connectivity index (χ1n) is 5.44. The van der Waals surface area contributed by atoms with Crippen LogP contribution in [0, 0.1) is 0 Å². The fraction of sp³-hybridized carbons (Fsp3) is 0.300. The molecule has 2 heterocycles. The molecule has 2 aromatic rings. The molecule has 0 saturated carbocycles. The number of benzene rings is 1. The summed E-state index contributed by atoms with van der Waals surface area (Å²) in [5, 5.41) is 0. The van der Waals surface area contributed by atoms with Gasteiger partial charge in [-0.3, -0.25) is 4.31 Å². The molecule has 0 spiro atoms. The number of H-pyrrole nitrogens is 2. The van der Waals surface area contributed by atoms with Crippen molar-refractivity contribution in [2.24, 2.45) is 0 Å². The molecule has 96 valence electrons. The standard InChI is InChI=1S/C10H12N4O3S/c1-13(18(16,17)14-4-5-14)7-2-3-8-9(6-7)12-10(15)11-8/h2-3,6H,4-5H2,1H3,(H2,11,12,15). The summed E-state index contributed by atoms with van der Waals surface area (Å²) in [4.78, 5) is 16.3. The van der Waals surface area contributed by atoms with Crippen molar-refractivity contribution in [3.63, 3.8) is 0 Å². The summed E-state index contributed by atoms with van der Waals surface area (Å²) in [5.74, 6) is 0. The molecular weight excluding hydrogens is 256 g/mol. The van der Waals surface area contributed by atoms with Gasteiger partial charge in [0.2, 0.25) is 0 Å². The lowest BCUT2D eigenvalue weighted by molar-refractivity contribution is 0.561. The highest BCUT2D eigenvalue weighted by atomic mass is 32.2. The predicted molar refractivity (Wildman–Crippen MR) is 67.8 cm³/mol. The van der Waals surface area contributed by atoms with E-state index >= 15 is 0 Å². The molecule has 0 unspecified atom stereocenters. The minimum Gasteiger partial charge on any atom is -0.306 e. The van der Waals surface area contributed by atoms with Gasteiger partial charge in [-0.1, -0.05) is 0 Å². The topological polar surface area (TPSA) is 89.0 Å².